The number of rotatable bonds is 4. The molecule has 1 aromatic heterocycles. The van der Waals surface area contributed by atoms with Gasteiger partial charge in [0, 0.05) is 37.4 Å². The minimum Gasteiger partial charge on any atom is -0.393 e. The van der Waals surface area contributed by atoms with E-state index >= 15 is 0 Å². The maximum absolute atomic E-state index is 6.31. The van der Waals surface area contributed by atoms with Crippen molar-refractivity contribution < 1.29 is 0 Å². The molecule has 1 fully saturated rings. The van der Waals surface area contributed by atoms with E-state index in [-0.39, 0.29) is 5.54 Å². The molecule has 4 N–H and O–H groups in total. The highest BCUT2D eigenvalue weighted by molar-refractivity contribution is 5.75. The van der Waals surface area contributed by atoms with Crippen molar-refractivity contribution in [1.82, 2.24) is 15.4 Å². The van der Waals surface area contributed by atoms with Gasteiger partial charge in [-0.2, -0.15) is 0 Å². The van der Waals surface area contributed by atoms with Crippen LogP contribution < -0.4 is 26.4 Å². The van der Waals surface area contributed by atoms with Crippen LogP contribution in [0.15, 0.2) is 36.7 Å². The number of hydrogen-bond donors (Lipinski definition) is 3. The van der Waals surface area contributed by atoms with Gasteiger partial charge in [0.2, 0.25) is 0 Å². The number of nitrogens with two attached hydrogens (primary N) is 1. The minimum absolute atomic E-state index is 0.0845. The van der Waals surface area contributed by atoms with Crippen molar-refractivity contribution in [2.45, 2.75) is 26.3 Å². The van der Waals surface area contributed by atoms with Crippen LogP contribution in [0, 0.1) is 0 Å². The summed E-state index contributed by atoms with van der Waals surface area (Å²) in [5, 5.41) is 0. The largest absolute Gasteiger partial charge is 0.393 e. The van der Waals surface area contributed by atoms with Crippen molar-refractivity contribution in [2.75, 3.05) is 47.1 Å². The van der Waals surface area contributed by atoms with Crippen LogP contribution in [0.5, 0.6) is 0 Å². The Kier molecular flexibility index (Phi) is 4.94. The number of para-hydroxylation sites is 1. The SMILES string of the molecule is CC(C)(C)NNc1ncnc(N2CCN(c3ccccc3)CC2)c1N. The molecule has 25 heavy (non-hydrogen) atoms. The second-order valence-electron chi connectivity index (χ2n) is 7.27. The number of aromatic nitrogens is 2. The van der Waals surface area contributed by atoms with Gasteiger partial charge in [-0.1, -0.05) is 18.2 Å². The third-order valence-electron chi connectivity index (χ3n) is 4.12. The molecule has 1 aliphatic heterocycles. The van der Waals surface area contributed by atoms with Gasteiger partial charge in [-0.25, -0.2) is 15.4 Å². The van der Waals surface area contributed by atoms with E-state index in [2.05, 4.69) is 75.7 Å². The van der Waals surface area contributed by atoms with E-state index in [9.17, 15) is 0 Å². The van der Waals surface area contributed by atoms with Crippen LogP contribution >= 0.6 is 0 Å². The number of benzene rings is 1. The molecular weight excluding hydrogens is 314 g/mol. The maximum Gasteiger partial charge on any atom is 0.169 e. The molecule has 0 radical (unpaired) electrons. The van der Waals surface area contributed by atoms with Crippen LogP contribution in [0.3, 0.4) is 0 Å². The normalized spacial score (nSPS) is 15.3. The molecule has 3 rings (SSSR count). The van der Waals surface area contributed by atoms with Crippen molar-refractivity contribution in [3.05, 3.63) is 36.7 Å². The van der Waals surface area contributed by atoms with Gasteiger partial charge in [-0.05, 0) is 32.9 Å². The average Bonchev–Trinajstić information content (AvgIpc) is 2.61. The van der Waals surface area contributed by atoms with Gasteiger partial charge in [0.05, 0.1) is 0 Å². The van der Waals surface area contributed by atoms with Gasteiger partial charge in [-0.15, -0.1) is 0 Å². The van der Waals surface area contributed by atoms with Gasteiger partial charge in [-0.3, -0.25) is 0 Å². The van der Waals surface area contributed by atoms with Gasteiger partial charge in [0.15, 0.2) is 11.6 Å². The Morgan fingerprint density at radius 3 is 2.24 bits per heavy atom. The Morgan fingerprint density at radius 2 is 1.60 bits per heavy atom. The molecule has 0 saturated carbocycles. The minimum atomic E-state index is -0.0845. The molecule has 1 saturated heterocycles. The van der Waals surface area contributed by atoms with E-state index in [4.69, 9.17) is 5.73 Å². The Labute approximate surface area is 149 Å². The lowest BCUT2D eigenvalue weighted by molar-refractivity contribution is 0.464. The molecule has 0 spiro atoms. The first-order valence-electron chi connectivity index (χ1n) is 8.63. The summed E-state index contributed by atoms with van der Waals surface area (Å²) < 4.78 is 0. The summed E-state index contributed by atoms with van der Waals surface area (Å²) in [4.78, 5) is 13.3. The summed E-state index contributed by atoms with van der Waals surface area (Å²) in [5.74, 6) is 1.41. The Hall–Kier alpha value is -2.54. The van der Waals surface area contributed by atoms with Crippen molar-refractivity contribution in [2.24, 2.45) is 0 Å². The number of hydrazine groups is 1. The standard InChI is InChI=1S/C18H27N7/c1-18(2,3)23-22-16-15(19)17(21-13-20-16)25-11-9-24(10-12-25)14-7-5-4-6-8-14/h4-8,13,23H,9-12,19H2,1-3H3,(H,20,21,22). The molecule has 0 bridgehead atoms. The third-order valence-corrected chi connectivity index (χ3v) is 4.12. The van der Waals surface area contributed by atoms with E-state index in [0.29, 0.717) is 11.5 Å². The van der Waals surface area contributed by atoms with Gasteiger partial charge in [0.1, 0.15) is 12.0 Å². The zero-order chi connectivity index (χ0) is 17.9. The Bertz CT molecular complexity index is 688. The predicted molar refractivity (Wildman–Crippen MR) is 104 cm³/mol. The van der Waals surface area contributed by atoms with Gasteiger partial charge >= 0.3 is 0 Å². The van der Waals surface area contributed by atoms with Crippen LogP contribution in [0.1, 0.15) is 20.8 Å². The summed E-state index contributed by atoms with van der Waals surface area (Å²) in [6.07, 6.45) is 1.56. The fourth-order valence-electron chi connectivity index (χ4n) is 2.80. The molecule has 7 heteroatoms. The fraction of sp³-hybridized carbons (Fsp3) is 0.444. The topological polar surface area (TPSA) is 82.3 Å². The first-order chi connectivity index (χ1) is 11.9. The molecule has 1 aliphatic rings. The molecular formula is C18H27N7. The molecule has 0 aliphatic carbocycles. The fourth-order valence-corrected chi connectivity index (χ4v) is 2.80. The summed E-state index contributed by atoms with van der Waals surface area (Å²) in [7, 11) is 0. The van der Waals surface area contributed by atoms with E-state index < -0.39 is 0 Å². The van der Waals surface area contributed by atoms with E-state index in [1.807, 2.05) is 6.07 Å². The monoisotopic (exact) mass is 341 g/mol. The maximum atomic E-state index is 6.31. The zero-order valence-electron chi connectivity index (χ0n) is 15.2. The van der Waals surface area contributed by atoms with Crippen molar-refractivity contribution in [1.29, 1.82) is 0 Å². The van der Waals surface area contributed by atoms with Crippen LogP contribution in [-0.4, -0.2) is 41.7 Å². The van der Waals surface area contributed by atoms with E-state index in [1.165, 1.54) is 5.69 Å². The van der Waals surface area contributed by atoms with Crippen molar-refractivity contribution in [3.63, 3.8) is 0 Å². The van der Waals surface area contributed by atoms with E-state index in [0.717, 1.165) is 32.0 Å². The number of hydrogen-bond acceptors (Lipinski definition) is 7. The Balaban J connectivity index is 1.67. The van der Waals surface area contributed by atoms with Gasteiger partial charge < -0.3 is 21.0 Å². The quantitative estimate of drug-likeness (QED) is 0.735. The molecule has 134 valence electrons. The highest BCUT2D eigenvalue weighted by atomic mass is 15.4. The molecule has 0 atom stereocenters. The third kappa shape index (κ3) is 4.30. The lowest BCUT2D eigenvalue weighted by Gasteiger charge is -2.37. The molecule has 7 nitrogen and oxygen atoms in total. The second-order valence-corrected chi connectivity index (χ2v) is 7.27. The van der Waals surface area contributed by atoms with Crippen molar-refractivity contribution in [3.8, 4) is 0 Å². The van der Waals surface area contributed by atoms with E-state index in [1.54, 1.807) is 6.33 Å². The lowest BCUT2D eigenvalue weighted by atomic mass is 10.1. The molecule has 2 aromatic rings. The number of nitrogens with one attached hydrogen (secondary N) is 2. The first kappa shape index (κ1) is 17.3. The predicted octanol–water partition coefficient (Wildman–Crippen LogP) is 2.10. The van der Waals surface area contributed by atoms with Gasteiger partial charge in [0.25, 0.3) is 0 Å². The summed E-state index contributed by atoms with van der Waals surface area (Å²) >= 11 is 0. The van der Waals surface area contributed by atoms with Crippen LogP contribution in [0.4, 0.5) is 23.0 Å². The van der Waals surface area contributed by atoms with Crippen LogP contribution in [0.25, 0.3) is 0 Å². The highest BCUT2D eigenvalue weighted by Crippen LogP contribution is 2.27. The number of piperazine rings is 1. The summed E-state index contributed by atoms with van der Waals surface area (Å²) in [6.45, 7) is 9.85. The smallest absolute Gasteiger partial charge is 0.169 e. The number of nitrogens with zero attached hydrogens (tertiary/aromatic N) is 4. The lowest BCUT2D eigenvalue weighted by Crippen LogP contribution is -2.47. The highest BCUT2D eigenvalue weighted by Gasteiger charge is 2.21. The number of anilines is 4. The van der Waals surface area contributed by atoms with Crippen LogP contribution in [0.2, 0.25) is 0 Å². The summed E-state index contributed by atoms with van der Waals surface area (Å²) in [5.41, 5.74) is 14.4. The van der Waals surface area contributed by atoms with Crippen LogP contribution in [-0.2, 0) is 0 Å². The average molecular weight is 341 g/mol. The number of nitrogen functional groups attached to an aromatic ring is 1. The summed E-state index contributed by atoms with van der Waals surface area (Å²) in [6, 6.07) is 10.5. The second kappa shape index (κ2) is 7.14. The zero-order valence-corrected chi connectivity index (χ0v) is 15.2. The molecule has 2 heterocycles. The van der Waals surface area contributed by atoms with Crippen molar-refractivity contribution >= 4 is 23.0 Å². The first-order valence-corrected chi connectivity index (χ1v) is 8.63. The molecule has 0 unspecified atom stereocenters. The Morgan fingerprint density at radius 1 is 0.960 bits per heavy atom. The molecule has 0 amide bonds. The molecule has 1 aromatic carbocycles.